The molecule has 19 heavy (non-hydrogen) atoms. The van der Waals surface area contributed by atoms with Crippen molar-refractivity contribution in [2.24, 2.45) is 0 Å². The molecule has 1 N–H and O–H groups in total. The van der Waals surface area contributed by atoms with Crippen molar-refractivity contribution in [3.05, 3.63) is 51.3 Å². The molecule has 1 unspecified atom stereocenters. The molecule has 1 aliphatic carbocycles. The first-order chi connectivity index (χ1) is 9.06. The maximum absolute atomic E-state index is 10.1. The fourth-order valence-corrected chi connectivity index (χ4v) is 3.68. The van der Waals surface area contributed by atoms with Crippen LogP contribution in [-0.2, 0) is 6.42 Å². The zero-order chi connectivity index (χ0) is 13.6. The molecule has 0 bridgehead atoms. The predicted molar refractivity (Wildman–Crippen MR) is 80.8 cm³/mol. The number of hydrogen-bond donors (Lipinski definition) is 1. The minimum absolute atomic E-state index is 0.294. The second kappa shape index (κ2) is 4.80. The lowest BCUT2D eigenvalue weighted by Crippen LogP contribution is -2.11. The van der Waals surface area contributed by atoms with Crippen LogP contribution in [0.5, 0.6) is 0 Å². The highest BCUT2D eigenvalue weighted by Crippen LogP contribution is 2.34. The Hall–Kier alpha value is -1.06. The molecule has 0 spiro atoms. The van der Waals surface area contributed by atoms with E-state index in [4.69, 9.17) is 0 Å². The molecular weight excluding hydrogens is 302 g/mol. The van der Waals surface area contributed by atoms with Gasteiger partial charge in [-0.05, 0) is 62.9 Å². The van der Waals surface area contributed by atoms with Crippen LogP contribution in [0, 0.1) is 13.8 Å². The van der Waals surface area contributed by atoms with E-state index in [-0.39, 0.29) is 6.10 Å². The van der Waals surface area contributed by atoms with E-state index in [1.54, 1.807) is 0 Å². The molecule has 1 aromatic carbocycles. The second-order valence-corrected chi connectivity index (χ2v) is 6.33. The summed E-state index contributed by atoms with van der Waals surface area (Å²) in [6.45, 7) is 4.22. The van der Waals surface area contributed by atoms with Gasteiger partial charge in [0.2, 0.25) is 0 Å². The summed E-state index contributed by atoms with van der Waals surface area (Å²) in [5.41, 5.74) is 6.00. The van der Waals surface area contributed by atoms with Crippen LogP contribution >= 0.6 is 15.9 Å². The van der Waals surface area contributed by atoms with Crippen LogP contribution in [0.15, 0.2) is 28.7 Å². The van der Waals surface area contributed by atoms with Crippen molar-refractivity contribution >= 4 is 15.9 Å². The molecule has 1 heterocycles. The molecule has 3 heteroatoms. The van der Waals surface area contributed by atoms with Crippen molar-refractivity contribution in [1.29, 1.82) is 0 Å². The Morgan fingerprint density at radius 1 is 1.21 bits per heavy atom. The number of benzene rings is 1. The minimum atomic E-state index is -0.294. The summed E-state index contributed by atoms with van der Waals surface area (Å²) in [7, 11) is 0. The number of aliphatic hydroxyl groups excluding tert-OH is 1. The molecular formula is C16H18BrNO. The second-order valence-electron chi connectivity index (χ2n) is 5.42. The summed E-state index contributed by atoms with van der Waals surface area (Å²) in [5, 5.41) is 10.1. The van der Waals surface area contributed by atoms with E-state index in [9.17, 15) is 5.11 Å². The van der Waals surface area contributed by atoms with Crippen molar-refractivity contribution < 1.29 is 5.11 Å². The molecule has 2 nitrogen and oxygen atoms in total. The lowest BCUT2D eigenvalue weighted by molar-refractivity contribution is 0.156. The van der Waals surface area contributed by atoms with Gasteiger partial charge in [0.25, 0.3) is 0 Å². The topological polar surface area (TPSA) is 25.2 Å². The standard InChI is InChI=1S/C16H18BrNO/c1-10-6-12(17)9-13(7-10)18-11(2)8-14-15(18)4-3-5-16(14)19/h6-9,16,19H,3-5H2,1-2H3. The van der Waals surface area contributed by atoms with Gasteiger partial charge in [-0.25, -0.2) is 0 Å². The number of hydrogen-bond acceptors (Lipinski definition) is 1. The summed E-state index contributed by atoms with van der Waals surface area (Å²) in [4.78, 5) is 0. The van der Waals surface area contributed by atoms with Gasteiger partial charge in [0.1, 0.15) is 0 Å². The van der Waals surface area contributed by atoms with Gasteiger partial charge in [-0.15, -0.1) is 0 Å². The van der Waals surface area contributed by atoms with Crippen LogP contribution in [0.25, 0.3) is 5.69 Å². The third-order valence-electron chi connectivity index (χ3n) is 3.86. The largest absolute Gasteiger partial charge is 0.388 e. The summed E-state index contributed by atoms with van der Waals surface area (Å²) < 4.78 is 3.39. The Bertz CT molecular complexity index is 610. The van der Waals surface area contributed by atoms with Crippen LogP contribution < -0.4 is 0 Å². The average Bonchev–Trinajstić information content (AvgIpc) is 2.65. The van der Waals surface area contributed by atoms with Gasteiger partial charge in [-0.1, -0.05) is 15.9 Å². The number of aryl methyl sites for hydroxylation is 2. The molecule has 3 rings (SSSR count). The van der Waals surface area contributed by atoms with Crippen LogP contribution in [0.3, 0.4) is 0 Å². The van der Waals surface area contributed by atoms with Gasteiger partial charge in [-0.2, -0.15) is 0 Å². The van der Waals surface area contributed by atoms with Crippen LogP contribution in [-0.4, -0.2) is 9.67 Å². The third-order valence-corrected chi connectivity index (χ3v) is 4.31. The first kappa shape index (κ1) is 12.9. The first-order valence-corrected chi connectivity index (χ1v) is 7.52. The van der Waals surface area contributed by atoms with Crippen LogP contribution in [0.2, 0.25) is 0 Å². The highest BCUT2D eigenvalue weighted by molar-refractivity contribution is 9.10. The average molecular weight is 320 g/mol. The van der Waals surface area contributed by atoms with E-state index in [0.717, 1.165) is 29.3 Å². The fourth-order valence-electron chi connectivity index (χ4n) is 3.08. The molecule has 1 atom stereocenters. The number of halogens is 1. The first-order valence-electron chi connectivity index (χ1n) is 6.73. The van der Waals surface area contributed by atoms with E-state index in [2.05, 4.69) is 58.6 Å². The number of aliphatic hydroxyl groups is 1. The molecule has 1 aromatic heterocycles. The maximum atomic E-state index is 10.1. The molecule has 0 aliphatic heterocycles. The minimum Gasteiger partial charge on any atom is -0.388 e. The smallest absolute Gasteiger partial charge is 0.0807 e. The zero-order valence-corrected chi connectivity index (χ0v) is 12.9. The van der Waals surface area contributed by atoms with Gasteiger partial charge in [0, 0.05) is 27.1 Å². The van der Waals surface area contributed by atoms with Crippen LogP contribution in [0.1, 0.15) is 41.5 Å². The lowest BCUT2D eigenvalue weighted by Gasteiger charge is -2.21. The number of aromatic nitrogens is 1. The molecule has 0 saturated carbocycles. The number of nitrogens with zero attached hydrogens (tertiary/aromatic N) is 1. The fraction of sp³-hybridized carbons (Fsp3) is 0.375. The van der Waals surface area contributed by atoms with Crippen molar-refractivity contribution in [1.82, 2.24) is 4.57 Å². The van der Waals surface area contributed by atoms with Crippen molar-refractivity contribution in [3.8, 4) is 5.69 Å². The highest BCUT2D eigenvalue weighted by Gasteiger charge is 2.23. The van der Waals surface area contributed by atoms with Crippen LogP contribution in [0.4, 0.5) is 0 Å². The van der Waals surface area contributed by atoms with Gasteiger partial charge in [0.15, 0.2) is 0 Å². The molecule has 0 radical (unpaired) electrons. The Labute approximate surface area is 122 Å². The summed E-state index contributed by atoms with van der Waals surface area (Å²) in [6.07, 6.45) is 2.70. The molecule has 100 valence electrons. The van der Waals surface area contributed by atoms with Gasteiger partial charge in [-0.3, -0.25) is 0 Å². The zero-order valence-electron chi connectivity index (χ0n) is 11.3. The Balaban J connectivity index is 2.20. The lowest BCUT2D eigenvalue weighted by atomic mass is 9.95. The van der Waals surface area contributed by atoms with Gasteiger partial charge < -0.3 is 9.67 Å². The van der Waals surface area contributed by atoms with E-state index in [1.165, 1.54) is 22.6 Å². The highest BCUT2D eigenvalue weighted by atomic mass is 79.9. The van der Waals surface area contributed by atoms with Crippen molar-refractivity contribution in [2.75, 3.05) is 0 Å². The van der Waals surface area contributed by atoms with E-state index < -0.39 is 0 Å². The number of rotatable bonds is 1. The van der Waals surface area contributed by atoms with Crippen molar-refractivity contribution in [2.45, 2.75) is 39.2 Å². The normalized spacial score (nSPS) is 18.4. The molecule has 1 aliphatic rings. The molecule has 0 fully saturated rings. The number of fused-ring (bicyclic) bond motifs is 1. The Morgan fingerprint density at radius 2 is 2.00 bits per heavy atom. The van der Waals surface area contributed by atoms with E-state index in [1.807, 2.05) is 0 Å². The molecule has 2 aromatic rings. The third kappa shape index (κ3) is 2.26. The summed E-state index contributed by atoms with van der Waals surface area (Å²) in [6, 6.07) is 8.58. The van der Waals surface area contributed by atoms with Gasteiger partial charge in [0.05, 0.1) is 6.10 Å². The molecule has 0 saturated heterocycles. The Kier molecular flexibility index (Phi) is 3.27. The van der Waals surface area contributed by atoms with Crippen molar-refractivity contribution in [3.63, 3.8) is 0 Å². The predicted octanol–water partition coefficient (Wildman–Crippen LogP) is 4.23. The van der Waals surface area contributed by atoms with E-state index >= 15 is 0 Å². The molecule has 0 amide bonds. The quantitative estimate of drug-likeness (QED) is 0.836. The summed E-state index contributed by atoms with van der Waals surface area (Å²) in [5.74, 6) is 0. The monoisotopic (exact) mass is 319 g/mol. The van der Waals surface area contributed by atoms with E-state index in [0.29, 0.717) is 0 Å². The SMILES string of the molecule is Cc1cc(Br)cc(-n2c(C)cc3c2CCCC3O)c1. The van der Waals surface area contributed by atoms with Gasteiger partial charge >= 0.3 is 0 Å². The maximum Gasteiger partial charge on any atom is 0.0807 e. The summed E-state index contributed by atoms with van der Waals surface area (Å²) >= 11 is 3.57. The Morgan fingerprint density at radius 3 is 2.74 bits per heavy atom.